The van der Waals surface area contributed by atoms with Gasteiger partial charge in [0.2, 0.25) is 0 Å². The Bertz CT molecular complexity index is 865. The molecule has 1 aliphatic heterocycles. The van der Waals surface area contributed by atoms with Crippen molar-refractivity contribution in [1.82, 2.24) is 9.55 Å². The molecule has 0 saturated carbocycles. The number of aliphatic hydroxyl groups excluding tert-OH is 1. The third-order valence-electron chi connectivity index (χ3n) is 3.81. The van der Waals surface area contributed by atoms with Gasteiger partial charge in [-0.25, -0.2) is 9.59 Å². The van der Waals surface area contributed by atoms with Crippen LogP contribution in [0.2, 0.25) is 0 Å². The van der Waals surface area contributed by atoms with Crippen LogP contribution in [0.15, 0.2) is 52.2 Å². The van der Waals surface area contributed by atoms with E-state index in [2.05, 4.69) is 4.98 Å². The zero-order valence-electron chi connectivity index (χ0n) is 12.9. The van der Waals surface area contributed by atoms with Crippen molar-refractivity contribution in [3.63, 3.8) is 0 Å². The van der Waals surface area contributed by atoms with Gasteiger partial charge in [-0.3, -0.25) is 14.3 Å². The first-order chi connectivity index (χ1) is 12.0. The molecule has 8 nitrogen and oxygen atoms in total. The van der Waals surface area contributed by atoms with Crippen molar-refractivity contribution in [3.05, 3.63) is 69.0 Å². The number of halogens is 1. The number of alkyl halides is 1. The van der Waals surface area contributed by atoms with Gasteiger partial charge in [0.05, 0.1) is 5.56 Å². The van der Waals surface area contributed by atoms with Gasteiger partial charge >= 0.3 is 11.7 Å². The van der Waals surface area contributed by atoms with E-state index in [1.165, 1.54) is 6.20 Å². The van der Waals surface area contributed by atoms with Gasteiger partial charge in [-0.1, -0.05) is 18.2 Å². The SMILES string of the molecule is O=C(OC[C@@H]1O[C@H](n2ccc(=O)[nH]c2=O)[C@@H](Cl)[C@@H]1O)c1ccccc1. The average molecular weight is 367 g/mol. The summed E-state index contributed by atoms with van der Waals surface area (Å²) in [6.07, 6.45) is -1.83. The maximum Gasteiger partial charge on any atom is 0.338 e. The third kappa shape index (κ3) is 3.65. The van der Waals surface area contributed by atoms with Crippen LogP contribution in [0.4, 0.5) is 0 Å². The van der Waals surface area contributed by atoms with Crippen LogP contribution < -0.4 is 11.2 Å². The van der Waals surface area contributed by atoms with Crippen molar-refractivity contribution in [2.75, 3.05) is 6.61 Å². The van der Waals surface area contributed by atoms with E-state index in [0.29, 0.717) is 5.56 Å². The van der Waals surface area contributed by atoms with E-state index >= 15 is 0 Å². The Labute approximate surface area is 146 Å². The summed E-state index contributed by atoms with van der Waals surface area (Å²) in [7, 11) is 0. The molecule has 0 bridgehead atoms. The number of H-pyrrole nitrogens is 1. The Hall–Kier alpha value is -2.42. The number of esters is 1. The molecule has 25 heavy (non-hydrogen) atoms. The number of nitrogens with one attached hydrogen (secondary N) is 1. The van der Waals surface area contributed by atoms with E-state index < -0.39 is 41.0 Å². The van der Waals surface area contributed by atoms with Gasteiger partial charge in [-0.2, -0.15) is 0 Å². The first-order valence-corrected chi connectivity index (χ1v) is 7.92. The van der Waals surface area contributed by atoms with Crippen LogP contribution in [0.3, 0.4) is 0 Å². The van der Waals surface area contributed by atoms with Crippen molar-refractivity contribution in [3.8, 4) is 0 Å². The number of rotatable bonds is 4. The van der Waals surface area contributed by atoms with Crippen LogP contribution in [0, 0.1) is 0 Å². The van der Waals surface area contributed by atoms with Gasteiger partial charge in [0, 0.05) is 12.3 Å². The van der Waals surface area contributed by atoms with Gasteiger partial charge in [-0.15, -0.1) is 11.6 Å². The first-order valence-electron chi connectivity index (χ1n) is 7.48. The highest BCUT2D eigenvalue weighted by atomic mass is 35.5. The van der Waals surface area contributed by atoms with E-state index in [0.717, 1.165) is 10.6 Å². The maximum absolute atomic E-state index is 11.9. The predicted molar refractivity (Wildman–Crippen MR) is 87.6 cm³/mol. The molecule has 2 aromatic rings. The van der Waals surface area contributed by atoms with Crippen molar-refractivity contribution < 1.29 is 19.4 Å². The van der Waals surface area contributed by atoms with Crippen LogP contribution >= 0.6 is 11.6 Å². The summed E-state index contributed by atoms with van der Waals surface area (Å²) >= 11 is 6.13. The number of aromatic nitrogens is 2. The molecule has 0 unspecified atom stereocenters. The van der Waals surface area contributed by atoms with Crippen molar-refractivity contribution in [1.29, 1.82) is 0 Å². The summed E-state index contributed by atoms with van der Waals surface area (Å²) in [6.45, 7) is -0.229. The molecule has 1 fully saturated rings. The van der Waals surface area contributed by atoms with Crippen LogP contribution in [-0.2, 0) is 9.47 Å². The number of benzene rings is 1. The lowest BCUT2D eigenvalue weighted by molar-refractivity contribution is -0.0530. The summed E-state index contributed by atoms with van der Waals surface area (Å²) in [4.78, 5) is 37.0. The molecule has 0 amide bonds. The second-order valence-electron chi connectivity index (χ2n) is 5.48. The number of aromatic amines is 1. The fourth-order valence-electron chi connectivity index (χ4n) is 2.51. The lowest BCUT2D eigenvalue weighted by atomic mass is 10.2. The van der Waals surface area contributed by atoms with E-state index in [1.54, 1.807) is 30.3 Å². The molecule has 2 heterocycles. The normalized spacial score (nSPS) is 25.7. The Morgan fingerprint density at radius 3 is 2.68 bits per heavy atom. The number of ether oxygens (including phenoxy) is 2. The predicted octanol–water partition coefficient (Wildman–Crippen LogP) is 0.259. The van der Waals surface area contributed by atoms with Crippen molar-refractivity contribution in [2.45, 2.75) is 23.8 Å². The highest BCUT2D eigenvalue weighted by Crippen LogP contribution is 2.32. The van der Waals surface area contributed by atoms with E-state index in [1.807, 2.05) is 0 Å². The lowest BCUT2D eigenvalue weighted by Crippen LogP contribution is -2.35. The van der Waals surface area contributed by atoms with Crippen molar-refractivity contribution in [2.24, 2.45) is 0 Å². The highest BCUT2D eigenvalue weighted by molar-refractivity contribution is 6.21. The maximum atomic E-state index is 11.9. The standard InChI is InChI=1S/C16H15ClN2O6/c17-12-13(21)10(8-24-15(22)9-4-2-1-3-5-9)25-14(12)19-7-6-11(20)18-16(19)23/h1-7,10,12-14,21H,8H2,(H,18,20,23)/t10-,12-,13+,14-/m0/s1. The second kappa shape index (κ2) is 7.22. The van der Waals surface area contributed by atoms with E-state index in [9.17, 15) is 19.5 Å². The molecular formula is C16H15ClN2O6. The van der Waals surface area contributed by atoms with Gasteiger partial charge in [0.1, 0.15) is 24.2 Å². The molecular weight excluding hydrogens is 352 g/mol. The quantitative estimate of drug-likeness (QED) is 0.593. The molecule has 3 rings (SSSR count). The number of aliphatic hydroxyl groups is 1. The molecule has 0 radical (unpaired) electrons. The van der Waals surface area contributed by atoms with Crippen LogP contribution in [0.5, 0.6) is 0 Å². The summed E-state index contributed by atoms with van der Waals surface area (Å²) in [5.74, 6) is -0.563. The summed E-state index contributed by atoms with van der Waals surface area (Å²) < 4.78 is 11.8. The molecule has 1 aliphatic rings. The Morgan fingerprint density at radius 2 is 2.00 bits per heavy atom. The Morgan fingerprint density at radius 1 is 1.28 bits per heavy atom. The lowest BCUT2D eigenvalue weighted by Gasteiger charge is -2.16. The summed E-state index contributed by atoms with van der Waals surface area (Å²) in [5.41, 5.74) is -0.901. The molecule has 0 aliphatic carbocycles. The number of carbonyl (C=O) groups is 1. The molecule has 0 spiro atoms. The van der Waals surface area contributed by atoms with Crippen LogP contribution in [0.1, 0.15) is 16.6 Å². The van der Waals surface area contributed by atoms with Gasteiger partial charge in [-0.05, 0) is 12.1 Å². The third-order valence-corrected chi connectivity index (χ3v) is 4.28. The molecule has 1 aromatic carbocycles. The van der Waals surface area contributed by atoms with Crippen LogP contribution in [0.25, 0.3) is 0 Å². The fraction of sp³-hybridized carbons (Fsp3) is 0.312. The summed E-state index contributed by atoms with van der Waals surface area (Å²) in [5, 5.41) is 9.23. The van der Waals surface area contributed by atoms with Gasteiger partial charge in [0.25, 0.3) is 5.56 Å². The van der Waals surface area contributed by atoms with E-state index in [-0.39, 0.29) is 6.61 Å². The molecule has 2 N–H and O–H groups in total. The first kappa shape index (κ1) is 17.4. The Kier molecular flexibility index (Phi) is 5.03. The van der Waals surface area contributed by atoms with Crippen molar-refractivity contribution >= 4 is 17.6 Å². The monoisotopic (exact) mass is 366 g/mol. The highest BCUT2D eigenvalue weighted by Gasteiger charge is 2.44. The smallest absolute Gasteiger partial charge is 0.338 e. The van der Waals surface area contributed by atoms with Crippen LogP contribution in [-0.4, -0.2) is 44.8 Å². The molecule has 1 saturated heterocycles. The minimum Gasteiger partial charge on any atom is -0.459 e. The second-order valence-corrected chi connectivity index (χ2v) is 5.99. The summed E-state index contributed by atoms with van der Waals surface area (Å²) in [6, 6.07) is 9.51. The number of hydrogen-bond acceptors (Lipinski definition) is 6. The minimum atomic E-state index is -1.16. The number of carbonyl (C=O) groups excluding carboxylic acids is 1. The largest absolute Gasteiger partial charge is 0.459 e. The molecule has 1 aromatic heterocycles. The van der Waals surface area contributed by atoms with Gasteiger partial charge in [0.15, 0.2) is 6.23 Å². The molecule has 9 heteroatoms. The zero-order valence-corrected chi connectivity index (χ0v) is 13.6. The molecule has 132 valence electrons. The molecule has 4 atom stereocenters. The fourth-order valence-corrected chi connectivity index (χ4v) is 2.85. The van der Waals surface area contributed by atoms with Gasteiger partial charge < -0.3 is 14.6 Å². The zero-order chi connectivity index (χ0) is 18.0. The number of nitrogens with zero attached hydrogens (tertiary/aromatic N) is 1. The number of hydrogen-bond donors (Lipinski definition) is 2. The van der Waals surface area contributed by atoms with E-state index in [4.69, 9.17) is 21.1 Å². The topological polar surface area (TPSA) is 111 Å². The minimum absolute atomic E-state index is 0.229. The average Bonchev–Trinajstić information content (AvgIpc) is 2.89. The Balaban J connectivity index is 1.69.